The smallest absolute Gasteiger partial charge is 0.115 e. The highest BCUT2D eigenvalue weighted by Crippen LogP contribution is 2.42. The van der Waals surface area contributed by atoms with Crippen LogP contribution >= 0.6 is 11.8 Å². The van der Waals surface area contributed by atoms with Crippen LogP contribution in [0.5, 0.6) is 0 Å². The first kappa shape index (κ1) is 7.10. The monoisotopic (exact) mass is 166 g/mol. The fourth-order valence-electron chi connectivity index (χ4n) is 1.28. The van der Waals surface area contributed by atoms with Crippen molar-refractivity contribution in [2.24, 2.45) is 0 Å². The van der Waals surface area contributed by atoms with Crippen molar-refractivity contribution >= 4 is 11.8 Å². The van der Waals surface area contributed by atoms with Gasteiger partial charge in [0.2, 0.25) is 0 Å². The van der Waals surface area contributed by atoms with Gasteiger partial charge in [-0.3, -0.25) is 0 Å². The van der Waals surface area contributed by atoms with Gasteiger partial charge in [-0.25, -0.2) is 9.97 Å². The Kier molecular flexibility index (Phi) is 1.60. The molecule has 2 rings (SSSR count). The normalized spacial score (nSPS) is 28.5. The van der Waals surface area contributed by atoms with Gasteiger partial charge in [0, 0.05) is 22.3 Å². The highest BCUT2D eigenvalue weighted by molar-refractivity contribution is 8.00. The van der Waals surface area contributed by atoms with E-state index in [-0.39, 0.29) is 0 Å². The summed E-state index contributed by atoms with van der Waals surface area (Å²) in [6.45, 7) is 4.45. The zero-order valence-electron chi connectivity index (χ0n) is 6.61. The summed E-state index contributed by atoms with van der Waals surface area (Å²) in [5.74, 6) is 0.581. The number of nitrogens with zero attached hydrogens (tertiary/aromatic N) is 2. The van der Waals surface area contributed by atoms with Gasteiger partial charge in [0.05, 0.1) is 5.69 Å². The Labute approximate surface area is 70.4 Å². The lowest BCUT2D eigenvalue weighted by molar-refractivity contribution is 0.727. The van der Waals surface area contributed by atoms with Crippen LogP contribution in [0, 0.1) is 0 Å². The molecule has 0 amide bonds. The molecule has 0 radical (unpaired) electrons. The molecule has 1 aromatic heterocycles. The minimum atomic E-state index is 0.581. The van der Waals surface area contributed by atoms with Crippen molar-refractivity contribution < 1.29 is 0 Å². The van der Waals surface area contributed by atoms with E-state index in [1.165, 1.54) is 10.6 Å². The van der Waals surface area contributed by atoms with E-state index in [2.05, 4.69) is 23.8 Å². The maximum absolute atomic E-state index is 4.26. The van der Waals surface area contributed by atoms with Crippen LogP contribution in [-0.4, -0.2) is 15.2 Å². The summed E-state index contributed by atoms with van der Waals surface area (Å²) in [6, 6.07) is 0. The fourth-order valence-corrected chi connectivity index (χ4v) is 2.50. The van der Waals surface area contributed by atoms with Crippen LogP contribution in [0.4, 0.5) is 0 Å². The molecule has 58 valence electrons. The number of thioether (sulfide) groups is 1. The van der Waals surface area contributed by atoms with Crippen molar-refractivity contribution in [3.05, 3.63) is 18.2 Å². The maximum atomic E-state index is 4.26. The van der Waals surface area contributed by atoms with E-state index in [1.807, 2.05) is 18.0 Å². The summed E-state index contributed by atoms with van der Waals surface area (Å²) in [6.07, 6.45) is 3.54. The molecule has 1 aromatic rings. The molecule has 2 heterocycles. The van der Waals surface area contributed by atoms with E-state index in [4.69, 9.17) is 0 Å². The van der Waals surface area contributed by atoms with Crippen molar-refractivity contribution in [3.63, 3.8) is 0 Å². The van der Waals surface area contributed by atoms with Crippen LogP contribution in [0.3, 0.4) is 0 Å². The average molecular weight is 166 g/mol. The van der Waals surface area contributed by atoms with E-state index in [9.17, 15) is 0 Å². The molecule has 0 aromatic carbocycles. The van der Waals surface area contributed by atoms with Gasteiger partial charge in [0.25, 0.3) is 0 Å². The van der Waals surface area contributed by atoms with Crippen LogP contribution in [-0.2, 0) is 0 Å². The topological polar surface area (TPSA) is 25.8 Å². The van der Waals surface area contributed by atoms with Crippen molar-refractivity contribution in [3.8, 4) is 0 Å². The number of rotatable bonds is 0. The molecular formula is C8H10N2S. The lowest BCUT2D eigenvalue weighted by Crippen LogP contribution is -2.01. The zero-order chi connectivity index (χ0) is 7.84. The van der Waals surface area contributed by atoms with Gasteiger partial charge in [-0.2, -0.15) is 0 Å². The Morgan fingerprint density at radius 1 is 1.45 bits per heavy atom. The summed E-state index contributed by atoms with van der Waals surface area (Å²) in [7, 11) is 0. The van der Waals surface area contributed by atoms with Crippen molar-refractivity contribution in [2.45, 2.75) is 29.9 Å². The first-order valence-electron chi connectivity index (χ1n) is 3.75. The Bertz CT molecular complexity index is 275. The van der Waals surface area contributed by atoms with E-state index < -0.39 is 0 Å². The molecule has 2 nitrogen and oxygen atoms in total. The molecular weight excluding hydrogens is 156 g/mol. The van der Waals surface area contributed by atoms with Gasteiger partial charge in [0.15, 0.2) is 0 Å². The molecule has 11 heavy (non-hydrogen) atoms. The van der Waals surface area contributed by atoms with E-state index in [0.717, 1.165) is 0 Å². The first-order valence-corrected chi connectivity index (χ1v) is 4.63. The van der Waals surface area contributed by atoms with Crippen molar-refractivity contribution in [1.29, 1.82) is 0 Å². The van der Waals surface area contributed by atoms with E-state index in [0.29, 0.717) is 11.2 Å². The summed E-state index contributed by atoms with van der Waals surface area (Å²) < 4.78 is 0. The highest BCUT2D eigenvalue weighted by atomic mass is 32.2. The molecule has 1 aliphatic rings. The SMILES string of the molecule is CC1Sc2cncnc2C1C. The van der Waals surface area contributed by atoms with Crippen LogP contribution in [0.15, 0.2) is 17.4 Å². The molecule has 0 saturated carbocycles. The van der Waals surface area contributed by atoms with Gasteiger partial charge in [0.1, 0.15) is 6.33 Å². The van der Waals surface area contributed by atoms with Gasteiger partial charge < -0.3 is 0 Å². The molecule has 2 atom stereocenters. The van der Waals surface area contributed by atoms with Gasteiger partial charge in [-0.1, -0.05) is 13.8 Å². The third-order valence-corrected chi connectivity index (χ3v) is 3.50. The van der Waals surface area contributed by atoms with Crippen molar-refractivity contribution in [1.82, 2.24) is 9.97 Å². The highest BCUT2D eigenvalue weighted by Gasteiger charge is 2.27. The number of hydrogen-bond donors (Lipinski definition) is 0. The van der Waals surface area contributed by atoms with E-state index in [1.54, 1.807) is 6.33 Å². The minimum Gasteiger partial charge on any atom is -0.244 e. The fraction of sp³-hybridized carbons (Fsp3) is 0.500. The van der Waals surface area contributed by atoms with Crippen molar-refractivity contribution in [2.75, 3.05) is 0 Å². The Morgan fingerprint density at radius 2 is 2.27 bits per heavy atom. The summed E-state index contributed by atoms with van der Waals surface area (Å²) in [4.78, 5) is 9.51. The van der Waals surface area contributed by atoms with Gasteiger partial charge in [-0.15, -0.1) is 11.8 Å². The molecule has 3 heteroatoms. The predicted molar refractivity (Wildman–Crippen MR) is 45.8 cm³/mol. The molecule has 2 unspecified atom stereocenters. The minimum absolute atomic E-state index is 0.581. The number of aromatic nitrogens is 2. The standard InChI is InChI=1S/C8H10N2S/c1-5-6(2)11-7-3-9-4-10-8(5)7/h3-6H,1-2H3. The molecule has 0 saturated heterocycles. The average Bonchev–Trinajstić information content (AvgIpc) is 2.30. The Balaban J connectivity index is 2.47. The number of fused-ring (bicyclic) bond motifs is 1. The summed E-state index contributed by atoms with van der Waals surface area (Å²) in [5.41, 5.74) is 1.22. The molecule has 0 fully saturated rings. The second-order valence-electron chi connectivity index (χ2n) is 2.88. The predicted octanol–water partition coefficient (Wildman–Crippen LogP) is 2.07. The number of hydrogen-bond acceptors (Lipinski definition) is 3. The van der Waals surface area contributed by atoms with Crippen LogP contribution in [0.25, 0.3) is 0 Å². The van der Waals surface area contributed by atoms with Gasteiger partial charge in [-0.05, 0) is 0 Å². The summed E-state index contributed by atoms with van der Waals surface area (Å²) >= 11 is 1.87. The van der Waals surface area contributed by atoms with Crippen LogP contribution in [0.1, 0.15) is 25.5 Å². The second kappa shape index (κ2) is 2.48. The van der Waals surface area contributed by atoms with Gasteiger partial charge >= 0.3 is 0 Å². The Hall–Kier alpha value is -0.570. The molecule has 0 N–H and O–H groups in total. The second-order valence-corrected chi connectivity index (χ2v) is 4.30. The quantitative estimate of drug-likeness (QED) is 0.590. The third kappa shape index (κ3) is 1.03. The lowest BCUT2D eigenvalue weighted by atomic mass is 10.1. The molecule has 1 aliphatic heterocycles. The van der Waals surface area contributed by atoms with Crippen LogP contribution in [0.2, 0.25) is 0 Å². The zero-order valence-corrected chi connectivity index (χ0v) is 7.43. The molecule has 0 bridgehead atoms. The molecule has 0 spiro atoms. The largest absolute Gasteiger partial charge is 0.244 e. The summed E-state index contributed by atoms with van der Waals surface area (Å²) in [5, 5.41) is 0.654. The molecule has 0 aliphatic carbocycles. The Morgan fingerprint density at radius 3 is 3.00 bits per heavy atom. The third-order valence-electron chi connectivity index (χ3n) is 2.16. The lowest BCUT2D eigenvalue weighted by Gasteiger charge is -2.05. The first-order chi connectivity index (χ1) is 5.29. The maximum Gasteiger partial charge on any atom is 0.115 e. The van der Waals surface area contributed by atoms with E-state index >= 15 is 0 Å². The van der Waals surface area contributed by atoms with Crippen LogP contribution < -0.4 is 0 Å².